The standard InChI is InChI=1S/C9H18N2O/c1-2-11-6-3-4-8(5-7-11)9(10)12/h8H,2-7H2,1H3,(H2,10,12). The first-order valence-corrected chi connectivity index (χ1v) is 4.75. The van der Waals surface area contributed by atoms with Crippen LogP contribution < -0.4 is 5.73 Å². The molecule has 3 heteroatoms. The van der Waals surface area contributed by atoms with Crippen LogP contribution in [0.1, 0.15) is 26.2 Å². The van der Waals surface area contributed by atoms with Crippen molar-refractivity contribution in [3.63, 3.8) is 0 Å². The Labute approximate surface area is 73.9 Å². The second-order valence-electron chi connectivity index (χ2n) is 3.46. The van der Waals surface area contributed by atoms with Gasteiger partial charge in [0, 0.05) is 5.92 Å². The van der Waals surface area contributed by atoms with Gasteiger partial charge < -0.3 is 10.6 Å². The van der Waals surface area contributed by atoms with E-state index in [2.05, 4.69) is 11.8 Å². The fourth-order valence-corrected chi connectivity index (χ4v) is 1.76. The quantitative estimate of drug-likeness (QED) is 0.659. The van der Waals surface area contributed by atoms with Crippen LogP contribution in [0, 0.1) is 5.92 Å². The number of rotatable bonds is 2. The summed E-state index contributed by atoms with van der Waals surface area (Å²) in [6, 6.07) is 0. The topological polar surface area (TPSA) is 46.3 Å². The third-order valence-corrected chi connectivity index (χ3v) is 2.67. The van der Waals surface area contributed by atoms with E-state index in [1.54, 1.807) is 0 Å². The summed E-state index contributed by atoms with van der Waals surface area (Å²) in [4.78, 5) is 13.3. The van der Waals surface area contributed by atoms with Crippen molar-refractivity contribution in [2.24, 2.45) is 11.7 Å². The maximum absolute atomic E-state index is 10.9. The number of hydrogen-bond acceptors (Lipinski definition) is 2. The molecule has 12 heavy (non-hydrogen) atoms. The Hall–Kier alpha value is -0.570. The largest absolute Gasteiger partial charge is 0.369 e. The van der Waals surface area contributed by atoms with Gasteiger partial charge in [0.1, 0.15) is 0 Å². The van der Waals surface area contributed by atoms with Gasteiger partial charge in [-0.2, -0.15) is 0 Å². The van der Waals surface area contributed by atoms with Gasteiger partial charge in [-0.1, -0.05) is 6.92 Å². The average molecular weight is 170 g/mol. The molecule has 0 bridgehead atoms. The SMILES string of the molecule is CCN1CCCC(C(N)=O)CC1. The maximum Gasteiger partial charge on any atom is 0.220 e. The predicted molar refractivity (Wildman–Crippen MR) is 48.6 cm³/mol. The molecule has 0 aliphatic carbocycles. The normalized spacial score (nSPS) is 26.6. The van der Waals surface area contributed by atoms with Gasteiger partial charge in [-0.15, -0.1) is 0 Å². The van der Waals surface area contributed by atoms with Gasteiger partial charge in [-0.05, 0) is 38.9 Å². The second-order valence-corrected chi connectivity index (χ2v) is 3.46. The molecule has 0 spiro atoms. The van der Waals surface area contributed by atoms with E-state index in [4.69, 9.17) is 5.73 Å². The van der Waals surface area contributed by atoms with Crippen molar-refractivity contribution in [2.75, 3.05) is 19.6 Å². The fourth-order valence-electron chi connectivity index (χ4n) is 1.76. The number of amides is 1. The minimum atomic E-state index is -0.118. The van der Waals surface area contributed by atoms with E-state index < -0.39 is 0 Å². The Morgan fingerprint density at radius 3 is 2.83 bits per heavy atom. The second kappa shape index (κ2) is 4.45. The number of nitrogens with zero attached hydrogens (tertiary/aromatic N) is 1. The molecule has 1 heterocycles. The monoisotopic (exact) mass is 170 g/mol. The lowest BCUT2D eigenvalue weighted by Gasteiger charge is -2.16. The highest BCUT2D eigenvalue weighted by molar-refractivity contribution is 5.76. The predicted octanol–water partition coefficient (Wildman–Crippen LogP) is 0.594. The van der Waals surface area contributed by atoms with Gasteiger partial charge >= 0.3 is 0 Å². The molecule has 1 fully saturated rings. The van der Waals surface area contributed by atoms with Gasteiger partial charge in [-0.3, -0.25) is 4.79 Å². The highest BCUT2D eigenvalue weighted by Crippen LogP contribution is 2.16. The van der Waals surface area contributed by atoms with Crippen molar-refractivity contribution in [3.05, 3.63) is 0 Å². The van der Waals surface area contributed by atoms with Crippen LogP contribution in [0.25, 0.3) is 0 Å². The molecule has 1 rings (SSSR count). The zero-order valence-corrected chi connectivity index (χ0v) is 7.75. The molecule has 1 unspecified atom stereocenters. The van der Waals surface area contributed by atoms with Crippen LogP contribution in [-0.4, -0.2) is 30.4 Å². The van der Waals surface area contributed by atoms with Crippen molar-refractivity contribution in [3.8, 4) is 0 Å². The van der Waals surface area contributed by atoms with Crippen LogP contribution in [0.4, 0.5) is 0 Å². The summed E-state index contributed by atoms with van der Waals surface area (Å²) < 4.78 is 0. The molecular weight excluding hydrogens is 152 g/mol. The zero-order chi connectivity index (χ0) is 8.97. The number of hydrogen-bond donors (Lipinski definition) is 1. The summed E-state index contributed by atoms with van der Waals surface area (Å²) >= 11 is 0. The van der Waals surface area contributed by atoms with Crippen molar-refractivity contribution >= 4 is 5.91 Å². The van der Waals surface area contributed by atoms with Crippen LogP contribution >= 0.6 is 0 Å². The summed E-state index contributed by atoms with van der Waals surface area (Å²) in [5.41, 5.74) is 5.27. The Morgan fingerprint density at radius 2 is 2.25 bits per heavy atom. The first-order chi connectivity index (χ1) is 5.74. The molecule has 0 aromatic carbocycles. The molecule has 3 nitrogen and oxygen atoms in total. The number of carbonyl (C=O) groups excluding carboxylic acids is 1. The van der Waals surface area contributed by atoms with Crippen LogP contribution in [-0.2, 0) is 4.79 Å². The van der Waals surface area contributed by atoms with Gasteiger partial charge in [0.2, 0.25) is 5.91 Å². The molecule has 0 saturated carbocycles. The zero-order valence-electron chi connectivity index (χ0n) is 7.75. The van der Waals surface area contributed by atoms with Gasteiger partial charge in [-0.25, -0.2) is 0 Å². The van der Waals surface area contributed by atoms with E-state index in [9.17, 15) is 4.79 Å². The third-order valence-electron chi connectivity index (χ3n) is 2.67. The van der Waals surface area contributed by atoms with Crippen molar-refractivity contribution in [1.82, 2.24) is 4.90 Å². The average Bonchev–Trinajstić information content (AvgIpc) is 2.28. The Balaban J connectivity index is 2.39. The molecule has 1 aliphatic rings. The smallest absolute Gasteiger partial charge is 0.220 e. The number of likely N-dealkylation sites (tertiary alicyclic amines) is 1. The summed E-state index contributed by atoms with van der Waals surface area (Å²) in [6.45, 7) is 5.40. The molecular formula is C9H18N2O. The van der Waals surface area contributed by atoms with Crippen LogP contribution in [0.3, 0.4) is 0 Å². The van der Waals surface area contributed by atoms with Gasteiger partial charge in [0.15, 0.2) is 0 Å². The van der Waals surface area contributed by atoms with E-state index in [1.807, 2.05) is 0 Å². The summed E-state index contributed by atoms with van der Waals surface area (Å²) in [5, 5.41) is 0. The van der Waals surface area contributed by atoms with Crippen molar-refractivity contribution < 1.29 is 4.79 Å². The first kappa shape index (κ1) is 9.52. The van der Waals surface area contributed by atoms with Gasteiger partial charge in [0.25, 0.3) is 0 Å². The molecule has 70 valence electrons. The molecule has 0 aromatic heterocycles. The molecule has 1 amide bonds. The highest BCUT2D eigenvalue weighted by Gasteiger charge is 2.19. The summed E-state index contributed by atoms with van der Waals surface area (Å²) in [6.07, 6.45) is 3.04. The lowest BCUT2D eigenvalue weighted by molar-refractivity contribution is -0.122. The van der Waals surface area contributed by atoms with Crippen LogP contribution in [0.15, 0.2) is 0 Å². The van der Waals surface area contributed by atoms with E-state index in [0.717, 1.165) is 38.9 Å². The van der Waals surface area contributed by atoms with Crippen molar-refractivity contribution in [2.45, 2.75) is 26.2 Å². The molecule has 2 N–H and O–H groups in total. The Kier molecular flexibility index (Phi) is 3.53. The van der Waals surface area contributed by atoms with E-state index in [-0.39, 0.29) is 11.8 Å². The maximum atomic E-state index is 10.9. The minimum absolute atomic E-state index is 0.118. The van der Waals surface area contributed by atoms with E-state index in [0.29, 0.717) is 0 Å². The Bertz CT molecular complexity index is 159. The van der Waals surface area contributed by atoms with E-state index >= 15 is 0 Å². The highest BCUT2D eigenvalue weighted by atomic mass is 16.1. The van der Waals surface area contributed by atoms with Crippen molar-refractivity contribution in [1.29, 1.82) is 0 Å². The fraction of sp³-hybridized carbons (Fsp3) is 0.889. The molecule has 0 aromatic rings. The third kappa shape index (κ3) is 2.48. The summed E-state index contributed by atoms with van der Waals surface area (Å²) in [5.74, 6) is 0.00880. The first-order valence-electron chi connectivity index (χ1n) is 4.75. The summed E-state index contributed by atoms with van der Waals surface area (Å²) in [7, 11) is 0. The minimum Gasteiger partial charge on any atom is -0.369 e. The lowest BCUT2D eigenvalue weighted by atomic mass is 10.0. The van der Waals surface area contributed by atoms with Gasteiger partial charge in [0.05, 0.1) is 0 Å². The van der Waals surface area contributed by atoms with Crippen LogP contribution in [0.5, 0.6) is 0 Å². The molecule has 0 radical (unpaired) electrons. The lowest BCUT2D eigenvalue weighted by Crippen LogP contribution is -2.26. The number of carbonyl (C=O) groups is 1. The molecule has 1 atom stereocenters. The number of primary amides is 1. The van der Waals surface area contributed by atoms with Crippen LogP contribution in [0.2, 0.25) is 0 Å². The molecule has 1 saturated heterocycles. The number of nitrogens with two attached hydrogens (primary N) is 1. The molecule has 1 aliphatic heterocycles. The Morgan fingerprint density at radius 1 is 1.50 bits per heavy atom. The van der Waals surface area contributed by atoms with E-state index in [1.165, 1.54) is 0 Å².